The second-order valence-electron chi connectivity index (χ2n) is 8.80. The van der Waals surface area contributed by atoms with Crippen molar-refractivity contribution >= 4 is 11.9 Å². The molecule has 2 N–H and O–H groups in total. The maximum Gasteiger partial charge on any atom is 0.330 e. The summed E-state index contributed by atoms with van der Waals surface area (Å²) >= 11 is 0. The maximum atomic E-state index is 13.1. The van der Waals surface area contributed by atoms with E-state index in [9.17, 15) is 24.3 Å². The molecular formula is C24H31N3O6. The first-order valence-electron chi connectivity index (χ1n) is 11.1. The molecule has 1 aliphatic rings. The third-order valence-electron chi connectivity index (χ3n) is 6.58. The van der Waals surface area contributed by atoms with Crippen LogP contribution >= 0.6 is 0 Å². The molecule has 9 nitrogen and oxygen atoms in total. The van der Waals surface area contributed by atoms with Gasteiger partial charge in [-0.2, -0.15) is 0 Å². The van der Waals surface area contributed by atoms with Crippen molar-refractivity contribution < 1.29 is 19.4 Å². The number of ether oxygens (including phenoxy) is 1. The van der Waals surface area contributed by atoms with E-state index in [-0.39, 0.29) is 12.3 Å². The van der Waals surface area contributed by atoms with Gasteiger partial charge in [-0.05, 0) is 30.4 Å². The lowest BCUT2D eigenvalue weighted by Gasteiger charge is -2.29. The molecule has 0 spiro atoms. The first-order valence-corrected chi connectivity index (χ1v) is 11.1. The van der Waals surface area contributed by atoms with Crippen molar-refractivity contribution in [3.63, 3.8) is 0 Å². The first-order chi connectivity index (χ1) is 15.7. The second kappa shape index (κ2) is 10.2. The predicted molar refractivity (Wildman–Crippen MR) is 123 cm³/mol. The van der Waals surface area contributed by atoms with Gasteiger partial charge < -0.3 is 19.7 Å². The van der Waals surface area contributed by atoms with E-state index in [1.165, 1.54) is 17.8 Å². The Morgan fingerprint density at radius 2 is 1.79 bits per heavy atom. The largest absolute Gasteiger partial charge is 0.480 e. The minimum Gasteiger partial charge on any atom is -0.480 e. The van der Waals surface area contributed by atoms with Crippen LogP contribution in [0.2, 0.25) is 0 Å². The smallest absolute Gasteiger partial charge is 0.330 e. The highest BCUT2D eigenvalue weighted by Crippen LogP contribution is 2.41. The van der Waals surface area contributed by atoms with Gasteiger partial charge in [0, 0.05) is 40.4 Å². The van der Waals surface area contributed by atoms with Crippen LogP contribution in [0.3, 0.4) is 0 Å². The summed E-state index contributed by atoms with van der Waals surface area (Å²) in [5, 5.41) is 12.5. The molecule has 3 rings (SSSR count). The van der Waals surface area contributed by atoms with Gasteiger partial charge in [0.15, 0.2) is 0 Å². The summed E-state index contributed by atoms with van der Waals surface area (Å²) < 4.78 is 7.55. The third-order valence-corrected chi connectivity index (χ3v) is 6.58. The molecule has 1 aromatic carbocycles. The molecule has 0 unspecified atom stereocenters. The molecule has 1 aromatic heterocycles. The molecule has 178 valence electrons. The van der Waals surface area contributed by atoms with Gasteiger partial charge in [-0.1, -0.05) is 37.1 Å². The number of aryl methyl sites for hydroxylation is 1. The van der Waals surface area contributed by atoms with E-state index >= 15 is 0 Å². The van der Waals surface area contributed by atoms with Crippen molar-refractivity contribution in [2.24, 2.45) is 19.5 Å². The summed E-state index contributed by atoms with van der Waals surface area (Å²) in [6.45, 7) is 0.456. The molecule has 1 amide bonds. The van der Waals surface area contributed by atoms with Crippen molar-refractivity contribution in [2.45, 2.75) is 44.6 Å². The lowest BCUT2D eigenvalue weighted by molar-refractivity contribution is -0.144. The highest BCUT2D eigenvalue weighted by atomic mass is 16.5. The fraction of sp³-hybridized carbons (Fsp3) is 0.500. The van der Waals surface area contributed by atoms with Gasteiger partial charge in [-0.15, -0.1) is 0 Å². The first kappa shape index (κ1) is 24.4. The maximum absolute atomic E-state index is 13.1. The lowest BCUT2D eigenvalue weighted by atomic mass is 9.81. The molecule has 0 saturated heterocycles. The van der Waals surface area contributed by atoms with E-state index in [1.54, 1.807) is 38.4 Å². The molecule has 33 heavy (non-hydrogen) atoms. The SMILES string of the molecule is COCCC1(C(=O)N[C@@H](Cc2ccc(-c3cn(C)c(=O)n(C)c3=O)cc2)C(=O)O)CCCC1. The van der Waals surface area contributed by atoms with Crippen molar-refractivity contribution in [1.29, 1.82) is 0 Å². The van der Waals surface area contributed by atoms with Gasteiger partial charge >= 0.3 is 11.7 Å². The number of nitrogens with zero attached hydrogens (tertiary/aromatic N) is 2. The third kappa shape index (κ3) is 5.24. The Hall–Kier alpha value is -3.20. The van der Waals surface area contributed by atoms with Crippen LogP contribution in [0.1, 0.15) is 37.7 Å². The molecule has 1 fully saturated rings. The topological polar surface area (TPSA) is 120 Å². The van der Waals surface area contributed by atoms with Crippen molar-refractivity contribution in [2.75, 3.05) is 13.7 Å². The lowest BCUT2D eigenvalue weighted by Crippen LogP contribution is -2.49. The van der Waals surface area contributed by atoms with Gasteiger partial charge in [0.1, 0.15) is 6.04 Å². The number of aliphatic carboxylic acids is 1. The van der Waals surface area contributed by atoms with Crippen LogP contribution in [0.15, 0.2) is 40.1 Å². The standard InChI is InChI=1S/C24H31N3O6/c1-26-15-18(20(28)27(2)23(26)32)17-8-6-16(7-9-17)14-19(21(29)30)25-22(31)24(12-13-33-3)10-4-5-11-24/h6-9,15,19H,4-5,10-14H2,1-3H3,(H,25,31)(H,29,30)/t19-/m0/s1. The zero-order chi connectivity index (χ0) is 24.2. The highest BCUT2D eigenvalue weighted by Gasteiger charge is 2.42. The molecule has 1 atom stereocenters. The number of hydrogen-bond acceptors (Lipinski definition) is 5. The number of benzene rings is 1. The molecular weight excluding hydrogens is 426 g/mol. The van der Waals surface area contributed by atoms with Gasteiger partial charge in [0.2, 0.25) is 5.91 Å². The summed E-state index contributed by atoms with van der Waals surface area (Å²) in [4.78, 5) is 49.3. The van der Waals surface area contributed by atoms with Crippen molar-refractivity contribution in [3.8, 4) is 11.1 Å². The van der Waals surface area contributed by atoms with Crippen LogP contribution in [0, 0.1) is 5.41 Å². The van der Waals surface area contributed by atoms with Crippen LogP contribution in [-0.4, -0.2) is 45.9 Å². The van der Waals surface area contributed by atoms with Crippen LogP contribution in [0.25, 0.3) is 11.1 Å². The van der Waals surface area contributed by atoms with Crippen LogP contribution in [-0.2, 0) is 34.8 Å². The Bertz CT molecular complexity index is 1130. The van der Waals surface area contributed by atoms with E-state index in [2.05, 4.69) is 5.32 Å². The van der Waals surface area contributed by atoms with Gasteiger partial charge in [0.05, 0.1) is 11.0 Å². The van der Waals surface area contributed by atoms with Gasteiger partial charge in [-0.25, -0.2) is 9.59 Å². The molecule has 2 aromatic rings. The monoisotopic (exact) mass is 457 g/mol. The zero-order valence-electron chi connectivity index (χ0n) is 19.3. The summed E-state index contributed by atoms with van der Waals surface area (Å²) in [7, 11) is 4.59. The fourth-order valence-corrected chi connectivity index (χ4v) is 4.51. The molecule has 0 radical (unpaired) electrons. The number of amides is 1. The molecule has 1 saturated carbocycles. The van der Waals surface area contributed by atoms with E-state index in [0.717, 1.165) is 30.3 Å². The minimum absolute atomic E-state index is 0.118. The van der Waals surface area contributed by atoms with Crippen molar-refractivity contribution in [3.05, 3.63) is 56.9 Å². The average molecular weight is 458 g/mol. The molecule has 1 heterocycles. The number of carboxylic acids is 1. The van der Waals surface area contributed by atoms with Gasteiger partial charge in [0.25, 0.3) is 5.56 Å². The number of nitrogens with one attached hydrogen (secondary N) is 1. The number of methoxy groups -OCH3 is 1. The molecule has 0 aliphatic heterocycles. The Balaban J connectivity index is 1.77. The molecule has 0 bridgehead atoms. The van der Waals surface area contributed by atoms with Crippen LogP contribution in [0.4, 0.5) is 0 Å². The quantitative estimate of drug-likeness (QED) is 0.588. The predicted octanol–water partition coefficient (Wildman–Crippen LogP) is 1.46. The number of hydrogen-bond donors (Lipinski definition) is 2. The molecule has 9 heteroatoms. The van der Waals surface area contributed by atoms with E-state index in [4.69, 9.17) is 4.74 Å². The Labute approximate surface area is 192 Å². The average Bonchev–Trinajstić information content (AvgIpc) is 3.29. The summed E-state index contributed by atoms with van der Waals surface area (Å²) in [5.74, 6) is -1.32. The summed E-state index contributed by atoms with van der Waals surface area (Å²) in [5.41, 5.74) is 0.318. The number of carbonyl (C=O) groups is 2. The van der Waals surface area contributed by atoms with Crippen LogP contribution < -0.4 is 16.6 Å². The van der Waals surface area contributed by atoms with Gasteiger partial charge in [-0.3, -0.25) is 14.2 Å². The minimum atomic E-state index is -1.10. The normalized spacial score (nSPS) is 15.8. The van der Waals surface area contributed by atoms with E-state index in [0.29, 0.717) is 29.7 Å². The number of aromatic nitrogens is 2. The van der Waals surface area contributed by atoms with E-state index < -0.39 is 28.7 Å². The number of carbonyl (C=O) groups excluding carboxylic acids is 1. The van der Waals surface area contributed by atoms with Crippen LogP contribution in [0.5, 0.6) is 0 Å². The van der Waals surface area contributed by atoms with E-state index in [1.807, 2.05) is 0 Å². The Kier molecular flexibility index (Phi) is 7.53. The Morgan fingerprint density at radius 1 is 1.15 bits per heavy atom. The van der Waals surface area contributed by atoms with Crippen molar-refractivity contribution in [1.82, 2.24) is 14.5 Å². The number of rotatable bonds is 9. The summed E-state index contributed by atoms with van der Waals surface area (Å²) in [6, 6.07) is 5.84. The second-order valence-corrected chi connectivity index (χ2v) is 8.80. The number of carboxylic acid groups (broad SMARTS) is 1. The fourth-order valence-electron chi connectivity index (χ4n) is 4.51. The Morgan fingerprint density at radius 3 is 2.36 bits per heavy atom. The highest BCUT2D eigenvalue weighted by molar-refractivity contribution is 5.87. The summed E-state index contributed by atoms with van der Waals surface area (Å²) in [6.07, 6.45) is 5.54. The zero-order valence-corrected chi connectivity index (χ0v) is 19.3. The molecule has 1 aliphatic carbocycles.